The van der Waals surface area contributed by atoms with Gasteiger partial charge in [-0.2, -0.15) is 0 Å². The molecule has 2 unspecified atom stereocenters. The van der Waals surface area contributed by atoms with E-state index in [2.05, 4.69) is 21.3 Å². The third kappa shape index (κ3) is 6.99. The van der Waals surface area contributed by atoms with Gasteiger partial charge < -0.3 is 21.3 Å². The minimum atomic E-state index is -0.254. The van der Waals surface area contributed by atoms with Crippen LogP contribution in [0.25, 0.3) is 0 Å². The highest BCUT2D eigenvalue weighted by atomic mass is 16.2. The van der Waals surface area contributed by atoms with Crippen molar-refractivity contribution < 1.29 is 19.2 Å². The summed E-state index contributed by atoms with van der Waals surface area (Å²) < 4.78 is 0. The highest BCUT2D eigenvalue weighted by Gasteiger charge is 2.36. The molecular formula is C22H36N4O4. The van der Waals surface area contributed by atoms with Crippen LogP contribution < -0.4 is 21.3 Å². The summed E-state index contributed by atoms with van der Waals surface area (Å²) in [6, 6.07) is 0.328. The van der Waals surface area contributed by atoms with Crippen LogP contribution in [0.15, 0.2) is 0 Å². The molecule has 2 saturated heterocycles. The van der Waals surface area contributed by atoms with E-state index in [0.717, 1.165) is 57.8 Å². The third-order valence-corrected chi connectivity index (χ3v) is 6.79. The molecule has 3 fully saturated rings. The molecule has 0 aromatic heterocycles. The first-order valence-electron chi connectivity index (χ1n) is 11.6. The summed E-state index contributed by atoms with van der Waals surface area (Å²) in [5.74, 6) is 0.188. The second-order valence-electron chi connectivity index (χ2n) is 9.30. The van der Waals surface area contributed by atoms with E-state index in [0.29, 0.717) is 38.8 Å². The minimum absolute atomic E-state index is 0.00249. The predicted molar refractivity (Wildman–Crippen MR) is 112 cm³/mol. The summed E-state index contributed by atoms with van der Waals surface area (Å²) in [4.78, 5) is 47.7. The van der Waals surface area contributed by atoms with Crippen LogP contribution in [0.2, 0.25) is 0 Å². The molecule has 2 aliphatic heterocycles. The molecule has 2 atom stereocenters. The Morgan fingerprint density at radius 1 is 0.800 bits per heavy atom. The Bertz CT molecular complexity index is 597. The fourth-order valence-electron chi connectivity index (χ4n) is 5.08. The van der Waals surface area contributed by atoms with Crippen molar-refractivity contribution in [2.45, 2.75) is 95.6 Å². The van der Waals surface area contributed by atoms with Gasteiger partial charge >= 0.3 is 0 Å². The Morgan fingerprint density at radius 3 is 1.67 bits per heavy atom. The number of hydrogen-bond acceptors (Lipinski definition) is 4. The Kier molecular flexibility index (Phi) is 8.10. The first kappa shape index (κ1) is 22.6. The van der Waals surface area contributed by atoms with Gasteiger partial charge in [0.1, 0.15) is 0 Å². The smallest absolute Gasteiger partial charge is 0.220 e. The van der Waals surface area contributed by atoms with Crippen LogP contribution in [-0.2, 0) is 19.2 Å². The topological polar surface area (TPSA) is 116 Å². The molecule has 3 rings (SSSR count). The van der Waals surface area contributed by atoms with E-state index in [1.54, 1.807) is 0 Å². The fourth-order valence-corrected chi connectivity index (χ4v) is 5.08. The summed E-state index contributed by atoms with van der Waals surface area (Å²) >= 11 is 0. The highest BCUT2D eigenvalue weighted by Crippen LogP contribution is 2.42. The lowest BCUT2D eigenvalue weighted by molar-refractivity contribution is -0.128. The number of nitrogens with one attached hydrogen (secondary N) is 4. The number of carbonyl (C=O) groups is 4. The maximum absolute atomic E-state index is 12.6. The first-order valence-corrected chi connectivity index (χ1v) is 11.6. The van der Waals surface area contributed by atoms with E-state index in [1.165, 1.54) is 0 Å². The second kappa shape index (κ2) is 10.8. The van der Waals surface area contributed by atoms with Gasteiger partial charge in [-0.05, 0) is 43.9 Å². The number of rotatable bonds is 10. The number of carbonyl (C=O) groups excluding carboxylic acids is 4. The van der Waals surface area contributed by atoms with Gasteiger partial charge in [0.15, 0.2) is 0 Å². The van der Waals surface area contributed by atoms with E-state index in [9.17, 15) is 19.2 Å². The lowest BCUT2D eigenvalue weighted by atomic mass is 9.69. The lowest BCUT2D eigenvalue weighted by Crippen LogP contribution is -2.39. The van der Waals surface area contributed by atoms with Crippen molar-refractivity contribution in [2.24, 2.45) is 5.41 Å². The fraction of sp³-hybridized carbons (Fsp3) is 0.818. The zero-order valence-electron chi connectivity index (χ0n) is 17.9. The van der Waals surface area contributed by atoms with Crippen LogP contribution in [0.1, 0.15) is 83.5 Å². The van der Waals surface area contributed by atoms with Crippen molar-refractivity contribution in [1.29, 1.82) is 0 Å². The Hall–Kier alpha value is -2.12. The van der Waals surface area contributed by atoms with Crippen molar-refractivity contribution >= 4 is 23.6 Å². The van der Waals surface area contributed by atoms with Gasteiger partial charge in [-0.3, -0.25) is 19.2 Å². The van der Waals surface area contributed by atoms with Crippen LogP contribution in [0, 0.1) is 5.41 Å². The summed E-state index contributed by atoms with van der Waals surface area (Å²) in [5.41, 5.74) is -0.254. The molecule has 30 heavy (non-hydrogen) atoms. The normalized spacial score (nSPS) is 25.5. The molecule has 0 radical (unpaired) electrons. The first-order chi connectivity index (χ1) is 14.4. The van der Waals surface area contributed by atoms with Crippen LogP contribution >= 0.6 is 0 Å². The molecule has 4 N–H and O–H groups in total. The molecular weight excluding hydrogens is 384 g/mol. The maximum Gasteiger partial charge on any atom is 0.220 e. The monoisotopic (exact) mass is 420 g/mol. The van der Waals surface area contributed by atoms with Gasteiger partial charge in [0.25, 0.3) is 0 Å². The van der Waals surface area contributed by atoms with Gasteiger partial charge in [-0.25, -0.2) is 0 Å². The summed E-state index contributed by atoms with van der Waals surface area (Å²) in [5, 5.41) is 11.8. The Balaban J connectivity index is 1.40. The quantitative estimate of drug-likeness (QED) is 0.426. The van der Waals surface area contributed by atoms with Crippen LogP contribution in [0.3, 0.4) is 0 Å². The molecule has 2 heterocycles. The largest absolute Gasteiger partial charge is 0.356 e. The molecule has 1 saturated carbocycles. The summed E-state index contributed by atoms with van der Waals surface area (Å²) in [6.45, 7) is 1.11. The predicted octanol–water partition coefficient (Wildman–Crippen LogP) is 1.29. The van der Waals surface area contributed by atoms with E-state index in [4.69, 9.17) is 0 Å². The summed E-state index contributed by atoms with van der Waals surface area (Å²) in [6.07, 6.45) is 10.2. The van der Waals surface area contributed by atoms with Crippen LogP contribution in [0.5, 0.6) is 0 Å². The van der Waals surface area contributed by atoms with E-state index >= 15 is 0 Å². The van der Waals surface area contributed by atoms with Crippen molar-refractivity contribution in [3.63, 3.8) is 0 Å². The standard InChI is InChI=1S/C22H36N4O4/c27-18-6-4-16(25-18)8-12-23-20(29)14-22(10-2-1-3-11-22)15-21(30)24-13-9-17-5-7-19(28)26-17/h16-17H,1-15H2,(H,23,29)(H,24,30)(H,25,27)(H,26,28). The molecule has 8 nitrogen and oxygen atoms in total. The van der Waals surface area contributed by atoms with Gasteiger partial charge in [-0.1, -0.05) is 19.3 Å². The number of amides is 4. The minimum Gasteiger partial charge on any atom is -0.356 e. The van der Waals surface area contributed by atoms with Gasteiger partial charge in [0, 0.05) is 50.9 Å². The molecule has 0 spiro atoms. The molecule has 3 aliphatic rings. The maximum atomic E-state index is 12.6. The van der Waals surface area contributed by atoms with Gasteiger partial charge in [-0.15, -0.1) is 0 Å². The van der Waals surface area contributed by atoms with E-state index < -0.39 is 0 Å². The molecule has 8 heteroatoms. The van der Waals surface area contributed by atoms with Crippen molar-refractivity contribution in [3.05, 3.63) is 0 Å². The zero-order chi connectivity index (χ0) is 21.4. The SMILES string of the molecule is O=C(CC1(CC(=O)NCCC2CCC(=O)N2)CCCCC1)NCCC1CCC(=O)N1. The highest BCUT2D eigenvalue weighted by molar-refractivity contribution is 5.81. The molecule has 0 bridgehead atoms. The van der Waals surface area contributed by atoms with Gasteiger partial charge in [0.05, 0.1) is 0 Å². The summed E-state index contributed by atoms with van der Waals surface area (Å²) in [7, 11) is 0. The Labute approximate surface area is 178 Å². The van der Waals surface area contributed by atoms with Crippen LogP contribution in [-0.4, -0.2) is 48.8 Å². The average Bonchev–Trinajstić information content (AvgIpc) is 3.30. The van der Waals surface area contributed by atoms with E-state index in [1.807, 2.05) is 0 Å². The number of hydrogen-bond donors (Lipinski definition) is 4. The Morgan fingerprint density at radius 2 is 1.27 bits per heavy atom. The van der Waals surface area contributed by atoms with E-state index in [-0.39, 0.29) is 41.1 Å². The van der Waals surface area contributed by atoms with Crippen molar-refractivity contribution in [2.75, 3.05) is 13.1 Å². The lowest BCUT2D eigenvalue weighted by Gasteiger charge is -2.36. The molecule has 168 valence electrons. The van der Waals surface area contributed by atoms with Gasteiger partial charge in [0.2, 0.25) is 23.6 Å². The zero-order valence-corrected chi connectivity index (χ0v) is 17.9. The molecule has 1 aliphatic carbocycles. The van der Waals surface area contributed by atoms with Crippen LogP contribution in [0.4, 0.5) is 0 Å². The molecule has 4 amide bonds. The third-order valence-electron chi connectivity index (χ3n) is 6.79. The van der Waals surface area contributed by atoms with Crippen molar-refractivity contribution in [3.8, 4) is 0 Å². The average molecular weight is 421 g/mol. The van der Waals surface area contributed by atoms with Crippen molar-refractivity contribution in [1.82, 2.24) is 21.3 Å². The molecule has 0 aromatic carbocycles. The molecule has 0 aromatic rings. The second-order valence-corrected chi connectivity index (χ2v) is 9.30.